The lowest BCUT2D eigenvalue weighted by Crippen LogP contribution is -2.54. The summed E-state index contributed by atoms with van der Waals surface area (Å²) in [4.78, 5) is 54.4. The molecule has 4 amide bonds. The number of carbonyl (C=O) groups excluding carboxylic acids is 4. The van der Waals surface area contributed by atoms with Gasteiger partial charge in [-0.15, -0.1) is 11.6 Å². The predicted molar refractivity (Wildman–Crippen MR) is 230 cm³/mol. The van der Waals surface area contributed by atoms with Gasteiger partial charge in [-0.25, -0.2) is 4.39 Å². The van der Waals surface area contributed by atoms with Crippen LogP contribution in [0.5, 0.6) is 17.2 Å². The lowest BCUT2D eigenvalue weighted by atomic mass is 9.88. The largest absolute Gasteiger partial charge is 0.508 e. The quantitative estimate of drug-likeness (QED) is 0.0816. The fourth-order valence-electron chi connectivity index (χ4n) is 8.13. The highest BCUT2D eigenvalue weighted by atomic mass is 35.5. The molecule has 4 aliphatic heterocycles. The average Bonchev–Trinajstić information content (AvgIpc) is 3.54. The zero-order valence-corrected chi connectivity index (χ0v) is 33.8. The maximum absolute atomic E-state index is 15.9. The van der Waals surface area contributed by atoms with Gasteiger partial charge in [-0.3, -0.25) is 39.2 Å². The van der Waals surface area contributed by atoms with Gasteiger partial charge in [-0.1, -0.05) is 36.4 Å². The minimum absolute atomic E-state index is 0.127. The van der Waals surface area contributed by atoms with Gasteiger partial charge in [0.05, 0.1) is 16.6 Å². The number of carbonyl (C=O) groups is 4. The number of phenolic OH excluding ortho intramolecular Hbond substituents is 2. The van der Waals surface area contributed by atoms with Crippen molar-refractivity contribution < 1.29 is 49.5 Å². The summed E-state index contributed by atoms with van der Waals surface area (Å²) in [6.07, 6.45) is 0.989. The Kier molecular flexibility index (Phi) is 9.97. The normalized spacial score (nSPS) is 24.8. The van der Waals surface area contributed by atoms with Gasteiger partial charge in [0.1, 0.15) is 35.7 Å². The van der Waals surface area contributed by atoms with Gasteiger partial charge in [0.2, 0.25) is 11.8 Å². The summed E-state index contributed by atoms with van der Waals surface area (Å²) in [5.74, 6) is -4.49. The molecule has 1 atom stereocenters. The first-order valence-corrected chi connectivity index (χ1v) is 20.6. The van der Waals surface area contributed by atoms with Gasteiger partial charge in [0, 0.05) is 62.5 Å². The Bertz CT molecular complexity index is 2660. The van der Waals surface area contributed by atoms with Crippen LogP contribution in [-0.4, -0.2) is 119 Å². The molecule has 0 radical (unpaired) electrons. The fraction of sp³-hybridized carbons (Fsp3) is 0.362. The average molecular weight is 858 g/mol. The number of nitrogens with one attached hydrogen (secondary N) is 1. The number of imide groups is 2. The van der Waals surface area contributed by atoms with E-state index in [4.69, 9.17) is 27.3 Å². The Hall–Kier alpha value is -5.76. The summed E-state index contributed by atoms with van der Waals surface area (Å²) in [5, 5.41) is 22.0. The second-order valence-electron chi connectivity index (χ2n) is 15.2. The Morgan fingerprint density at radius 1 is 0.803 bits per heavy atom. The summed E-state index contributed by atoms with van der Waals surface area (Å²) in [5.41, 5.74) is 2.30. The van der Waals surface area contributed by atoms with Gasteiger partial charge in [-0.05, 0) is 121 Å². The topological polar surface area (TPSA) is 143 Å². The molecule has 4 aromatic rings. The molecule has 4 heterocycles. The number of allylic oxidation sites excluding steroid dienone is 1. The first kappa shape index (κ1) is 32.9. The molecule has 4 aromatic carbocycles. The van der Waals surface area contributed by atoms with Crippen LogP contribution in [0.3, 0.4) is 0 Å². The van der Waals surface area contributed by atoms with Crippen LogP contribution in [0.4, 0.5) is 10.1 Å². The van der Waals surface area contributed by atoms with E-state index in [1.165, 1.54) is 0 Å². The molecular formula is C47H49ClFN5O7. The van der Waals surface area contributed by atoms with Gasteiger partial charge < -0.3 is 19.8 Å². The Labute approximate surface area is 370 Å². The van der Waals surface area contributed by atoms with Crippen LogP contribution >= 0.6 is 11.6 Å². The number of nitrogens with zero attached hydrogens (tertiary/aromatic N) is 4. The second-order valence-corrected chi connectivity index (χ2v) is 15.6. The van der Waals surface area contributed by atoms with Crippen LogP contribution in [0.1, 0.15) is 80.5 Å². The third-order valence-corrected chi connectivity index (χ3v) is 11.5. The maximum atomic E-state index is 15.9. The number of benzene rings is 4. The molecule has 0 aromatic heterocycles. The molecule has 3 saturated heterocycles. The van der Waals surface area contributed by atoms with Crippen molar-refractivity contribution in [1.82, 2.24) is 20.0 Å². The molecule has 3 N–H and O–H groups in total. The zero-order chi connectivity index (χ0) is 49.8. The Morgan fingerprint density at radius 2 is 1.43 bits per heavy atom. The molecular weight excluding hydrogens is 801 g/mol. The Morgan fingerprint density at radius 3 is 2.05 bits per heavy atom. The first-order valence-electron chi connectivity index (χ1n) is 24.0. The number of piperazine rings is 1. The highest BCUT2D eigenvalue weighted by molar-refractivity contribution is 6.24. The number of amides is 4. The number of aromatic hydroxyl groups is 2. The fourth-order valence-corrected chi connectivity index (χ4v) is 8.32. The number of alkyl halides is 1. The minimum atomic E-state index is -3.39. The number of ether oxygens (including phenoxy) is 1. The van der Waals surface area contributed by atoms with Crippen molar-refractivity contribution in [2.45, 2.75) is 38.1 Å². The molecule has 0 spiro atoms. The summed E-state index contributed by atoms with van der Waals surface area (Å²) in [6, 6.07) is 21.2. The van der Waals surface area contributed by atoms with Gasteiger partial charge in [0.15, 0.2) is 0 Å². The van der Waals surface area contributed by atoms with E-state index < -0.39 is 78.3 Å². The molecule has 12 nitrogen and oxygen atoms in total. The third-order valence-electron chi connectivity index (χ3n) is 11.3. The predicted octanol–water partition coefficient (Wildman–Crippen LogP) is 6.14. The summed E-state index contributed by atoms with van der Waals surface area (Å²) in [6.45, 7) is -11.8. The number of rotatable bonds is 13. The van der Waals surface area contributed by atoms with E-state index in [9.17, 15) is 29.4 Å². The van der Waals surface area contributed by atoms with Gasteiger partial charge in [-0.2, -0.15) is 0 Å². The number of fused-ring (bicyclic) bond motifs is 1. The standard InChI is InChI=1S/C47H49ClFN5O7/c48-18-15-38(31-1-7-35(55)8-2-31)43(32-3-9-36(56)10-4-32)33-5-11-37(12-6-33)61-26-25-51-19-16-30(17-20-51)29-52-21-23-53(24-22-52)34-27-39-44(40(49)28-34)47(60)54(46(39)59)41-13-14-42(57)50-45(41)58/h1-12,27-28,30,41,55-56H,13-26,29H2,(H,50,57,58)/i21D2,22D2,23D2,24D2. The second kappa shape index (κ2) is 18.5. The van der Waals surface area contributed by atoms with E-state index in [0.717, 1.165) is 33.9 Å². The molecule has 0 bridgehead atoms. The third kappa shape index (κ3) is 9.29. The highest BCUT2D eigenvalue weighted by Gasteiger charge is 2.46. The van der Waals surface area contributed by atoms with Crippen LogP contribution < -0.4 is 15.0 Å². The first-order chi connectivity index (χ1) is 32.6. The van der Waals surface area contributed by atoms with E-state index in [2.05, 4.69) is 4.90 Å². The molecule has 0 aliphatic carbocycles. The summed E-state index contributed by atoms with van der Waals surface area (Å²) in [7, 11) is 0. The molecule has 4 aliphatic rings. The van der Waals surface area contributed by atoms with Crippen molar-refractivity contribution in [2.24, 2.45) is 5.92 Å². The molecule has 8 rings (SSSR count). The van der Waals surface area contributed by atoms with Crippen LogP contribution in [0.25, 0.3) is 11.1 Å². The Balaban J connectivity index is 0.918. The number of hydrogen-bond acceptors (Lipinski definition) is 10. The molecule has 318 valence electrons. The maximum Gasteiger partial charge on any atom is 0.265 e. The number of hydrogen-bond donors (Lipinski definition) is 3. The van der Waals surface area contributed by atoms with Crippen molar-refractivity contribution >= 4 is 52.1 Å². The SMILES string of the molecule is [2H]C1([2H])N(CC2CCN(CCOc3ccc(C(=C(CCCl)c4ccc(O)cc4)c4ccc(O)cc4)cc3)CC2)C([2H])([2H])C([2H])([2H])N(c2cc(F)c3c(c2)C(=O)N(C2CCC(=O)NC2=O)C3=O)C1([2H])[2H]. The van der Waals surface area contributed by atoms with Crippen LogP contribution in [0.15, 0.2) is 84.9 Å². The van der Waals surface area contributed by atoms with Crippen LogP contribution in [0, 0.1) is 11.7 Å². The minimum Gasteiger partial charge on any atom is -0.508 e. The van der Waals surface area contributed by atoms with Gasteiger partial charge >= 0.3 is 0 Å². The van der Waals surface area contributed by atoms with E-state index in [1.807, 2.05) is 53.8 Å². The molecule has 61 heavy (non-hydrogen) atoms. The van der Waals surface area contributed by atoms with Crippen molar-refractivity contribution in [3.05, 3.63) is 119 Å². The van der Waals surface area contributed by atoms with Crippen molar-refractivity contribution in [1.29, 1.82) is 0 Å². The van der Waals surface area contributed by atoms with Crippen LogP contribution in [-0.2, 0) is 9.59 Å². The summed E-state index contributed by atoms with van der Waals surface area (Å²) >= 11 is 6.29. The zero-order valence-electron chi connectivity index (χ0n) is 41.0. The molecule has 14 heteroatoms. The number of likely N-dealkylation sites (tertiary alicyclic amines) is 1. The molecule has 1 unspecified atom stereocenters. The van der Waals surface area contributed by atoms with Crippen LogP contribution in [0.2, 0.25) is 0 Å². The van der Waals surface area contributed by atoms with E-state index in [-0.39, 0.29) is 41.7 Å². The van der Waals surface area contributed by atoms with Crippen molar-refractivity contribution in [3.63, 3.8) is 0 Å². The van der Waals surface area contributed by atoms with E-state index >= 15 is 4.39 Å². The molecule has 3 fully saturated rings. The van der Waals surface area contributed by atoms with E-state index in [0.29, 0.717) is 73.0 Å². The number of phenols is 2. The highest BCUT2D eigenvalue weighted by Crippen LogP contribution is 2.37. The van der Waals surface area contributed by atoms with Crippen molar-refractivity contribution in [3.8, 4) is 17.2 Å². The summed E-state index contributed by atoms with van der Waals surface area (Å²) < 4.78 is 94.0. The number of halogens is 2. The lowest BCUT2D eigenvalue weighted by molar-refractivity contribution is -0.136. The monoisotopic (exact) mass is 857 g/mol. The van der Waals surface area contributed by atoms with Gasteiger partial charge in [0.25, 0.3) is 11.8 Å². The number of piperidine rings is 2. The number of anilines is 1. The lowest BCUT2D eigenvalue weighted by Gasteiger charge is -2.39. The van der Waals surface area contributed by atoms with Crippen molar-refractivity contribution in [2.75, 3.05) is 69.6 Å². The van der Waals surface area contributed by atoms with E-state index in [1.54, 1.807) is 24.3 Å². The smallest absolute Gasteiger partial charge is 0.265 e. The molecule has 0 saturated carbocycles.